The molecule has 148 valence electrons. The fourth-order valence-electron chi connectivity index (χ4n) is 3.56. The molecule has 0 N–H and O–H groups in total. The van der Waals surface area contributed by atoms with Crippen molar-refractivity contribution in [2.24, 2.45) is 0 Å². The number of rotatable bonds is 8. The number of nitrogens with zero attached hydrogens (tertiary/aromatic N) is 4. The molecular formula is C23H24N4O2. The predicted octanol–water partition coefficient (Wildman–Crippen LogP) is 3.79. The van der Waals surface area contributed by atoms with Gasteiger partial charge in [0, 0.05) is 51.0 Å². The van der Waals surface area contributed by atoms with Crippen molar-refractivity contribution in [1.82, 2.24) is 19.4 Å². The fourth-order valence-corrected chi connectivity index (χ4v) is 3.56. The van der Waals surface area contributed by atoms with Gasteiger partial charge in [-0.2, -0.15) is 0 Å². The smallest absolute Gasteiger partial charge is 0.197 e. The van der Waals surface area contributed by atoms with Crippen molar-refractivity contribution in [3.8, 4) is 0 Å². The number of para-hydroxylation sites is 1. The summed E-state index contributed by atoms with van der Waals surface area (Å²) in [5.74, 6) is 0.683. The lowest BCUT2D eigenvalue weighted by molar-refractivity contribution is 0.245. The maximum absolute atomic E-state index is 13.1. The van der Waals surface area contributed by atoms with Gasteiger partial charge in [-0.1, -0.05) is 12.1 Å². The normalized spacial score (nSPS) is 11.4. The summed E-state index contributed by atoms with van der Waals surface area (Å²) in [5, 5.41) is 0.635. The summed E-state index contributed by atoms with van der Waals surface area (Å²) in [7, 11) is 0. The monoisotopic (exact) mass is 388 g/mol. The van der Waals surface area contributed by atoms with E-state index in [-0.39, 0.29) is 5.43 Å². The molecule has 3 heterocycles. The van der Waals surface area contributed by atoms with E-state index in [2.05, 4.69) is 19.4 Å². The number of benzene rings is 1. The van der Waals surface area contributed by atoms with Crippen molar-refractivity contribution in [2.45, 2.75) is 33.0 Å². The number of aromatic nitrogens is 3. The number of pyridine rings is 1. The molecule has 0 amide bonds. The van der Waals surface area contributed by atoms with Crippen LogP contribution in [0.4, 0.5) is 0 Å². The van der Waals surface area contributed by atoms with Crippen LogP contribution in [0.1, 0.15) is 23.3 Å². The molecule has 29 heavy (non-hydrogen) atoms. The second-order valence-electron chi connectivity index (χ2n) is 7.18. The highest BCUT2D eigenvalue weighted by Gasteiger charge is 2.15. The Bertz CT molecular complexity index is 1120. The Labute approximate surface area is 169 Å². The zero-order chi connectivity index (χ0) is 20.1. The highest BCUT2D eigenvalue weighted by molar-refractivity contribution is 5.77. The standard InChI is InChI=1S/C23H24N4O2/c1-18-21(23(28)20-5-2-3-6-22(20)29-18)16-27(15-19-7-9-24-10-8-19)13-4-12-26-14-11-25-17-26/h2-3,5-11,14,17H,4,12-13,15-16H2,1H3. The molecule has 0 spiro atoms. The Hall–Kier alpha value is -3.25. The molecule has 0 bridgehead atoms. The van der Waals surface area contributed by atoms with E-state index in [9.17, 15) is 4.79 Å². The minimum Gasteiger partial charge on any atom is -0.461 e. The van der Waals surface area contributed by atoms with Gasteiger partial charge in [-0.05, 0) is 43.2 Å². The van der Waals surface area contributed by atoms with Crippen molar-refractivity contribution in [3.63, 3.8) is 0 Å². The minimum atomic E-state index is 0.0543. The van der Waals surface area contributed by atoms with Crippen LogP contribution in [-0.4, -0.2) is 26.0 Å². The number of imidazole rings is 1. The van der Waals surface area contributed by atoms with Gasteiger partial charge >= 0.3 is 0 Å². The van der Waals surface area contributed by atoms with E-state index in [0.717, 1.165) is 31.6 Å². The first-order valence-corrected chi connectivity index (χ1v) is 9.79. The third-order valence-corrected chi connectivity index (χ3v) is 5.08. The molecule has 0 aliphatic carbocycles. The Morgan fingerprint density at radius 2 is 1.86 bits per heavy atom. The molecule has 0 atom stereocenters. The van der Waals surface area contributed by atoms with Crippen molar-refractivity contribution in [3.05, 3.63) is 94.6 Å². The molecule has 0 aliphatic rings. The molecule has 6 nitrogen and oxygen atoms in total. The highest BCUT2D eigenvalue weighted by atomic mass is 16.3. The lowest BCUT2D eigenvalue weighted by atomic mass is 10.1. The summed E-state index contributed by atoms with van der Waals surface area (Å²) < 4.78 is 8.01. The summed E-state index contributed by atoms with van der Waals surface area (Å²) in [4.78, 5) is 23.6. The largest absolute Gasteiger partial charge is 0.461 e. The van der Waals surface area contributed by atoms with Gasteiger partial charge in [0.1, 0.15) is 11.3 Å². The lowest BCUT2D eigenvalue weighted by Crippen LogP contribution is -2.28. The summed E-state index contributed by atoms with van der Waals surface area (Å²) >= 11 is 0. The summed E-state index contributed by atoms with van der Waals surface area (Å²) in [5.41, 5.74) is 2.59. The Kier molecular flexibility index (Phi) is 5.81. The molecule has 3 aromatic heterocycles. The molecule has 6 heteroatoms. The maximum Gasteiger partial charge on any atom is 0.197 e. The summed E-state index contributed by atoms with van der Waals surface area (Å²) in [6.45, 7) is 4.91. The van der Waals surface area contributed by atoms with E-state index < -0.39 is 0 Å². The fraction of sp³-hybridized carbons (Fsp3) is 0.261. The van der Waals surface area contributed by atoms with Gasteiger partial charge in [0.2, 0.25) is 0 Å². The third kappa shape index (κ3) is 4.60. The Balaban J connectivity index is 1.57. The van der Waals surface area contributed by atoms with E-state index in [1.165, 1.54) is 5.56 Å². The first kappa shape index (κ1) is 19.1. The SMILES string of the molecule is Cc1oc2ccccc2c(=O)c1CN(CCCn1ccnc1)Cc1ccncc1. The number of fused-ring (bicyclic) bond motifs is 1. The van der Waals surface area contributed by atoms with Crippen LogP contribution in [0.15, 0.2) is 76.7 Å². The second kappa shape index (κ2) is 8.84. The molecule has 0 unspecified atom stereocenters. The topological polar surface area (TPSA) is 64.2 Å². The first-order chi connectivity index (χ1) is 14.2. The summed E-state index contributed by atoms with van der Waals surface area (Å²) in [6.07, 6.45) is 10.1. The zero-order valence-corrected chi connectivity index (χ0v) is 16.5. The van der Waals surface area contributed by atoms with E-state index in [1.807, 2.05) is 55.8 Å². The lowest BCUT2D eigenvalue weighted by Gasteiger charge is -2.23. The minimum absolute atomic E-state index is 0.0543. The van der Waals surface area contributed by atoms with Gasteiger partial charge < -0.3 is 8.98 Å². The van der Waals surface area contributed by atoms with Crippen LogP contribution in [0, 0.1) is 6.92 Å². The average molecular weight is 388 g/mol. The zero-order valence-electron chi connectivity index (χ0n) is 16.5. The van der Waals surface area contributed by atoms with Crippen molar-refractivity contribution < 1.29 is 4.42 Å². The summed E-state index contributed by atoms with van der Waals surface area (Å²) in [6, 6.07) is 11.5. The van der Waals surface area contributed by atoms with Crippen LogP contribution < -0.4 is 5.43 Å². The number of aryl methyl sites for hydroxylation is 2. The molecule has 0 saturated heterocycles. The van der Waals surface area contributed by atoms with Gasteiger partial charge in [-0.3, -0.25) is 14.7 Å². The predicted molar refractivity (Wildman–Crippen MR) is 112 cm³/mol. The molecule has 4 rings (SSSR count). The van der Waals surface area contributed by atoms with Gasteiger partial charge in [-0.25, -0.2) is 4.98 Å². The molecule has 1 aromatic carbocycles. The van der Waals surface area contributed by atoms with Crippen LogP contribution in [0.3, 0.4) is 0 Å². The van der Waals surface area contributed by atoms with E-state index >= 15 is 0 Å². The Morgan fingerprint density at radius 3 is 2.66 bits per heavy atom. The van der Waals surface area contributed by atoms with Crippen LogP contribution in [-0.2, 0) is 19.6 Å². The van der Waals surface area contributed by atoms with Crippen molar-refractivity contribution in [2.75, 3.05) is 6.54 Å². The van der Waals surface area contributed by atoms with Gasteiger partial charge in [0.25, 0.3) is 0 Å². The first-order valence-electron chi connectivity index (χ1n) is 9.79. The molecular weight excluding hydrogens is 364 g/mol. The molecule has 4 aromatic rings. The van der Waals surface area contributed by atoms with Crippen LogP contribution in [0.5, 0.6) is 0 Å². The van der Waals surface area contributed by atoms with Crippen LogP contribution in [0.25, 0.3) is 11.0 Å². The molecule has 0 aliphatic heterocycles. The van der Waals surface area contributed by atoms with Gasteiger partial charge in [0.05, 0.1) is 17.3 Å². The second-order valence-corrected chi connectivity index (χ2v) is 7.18. The Morgan fingerprint density at radius 1 is 1.03 bits per heavy atom. The van der Waals surface area contributed by atoms with Crippen LogP contribution in [0.2, 0.25) is 0 Å². The third-order valence-electron chi connectivity index (χ3n) is 5.08. The average Bonchev–Trinajstić information content (AvgIpc) is 3.25. The van der Waals surface area contributed by atoms with Crippen molar-refractivity contribution >= 4 is 11.0 Å². The van der Waals surface area contributed by atoms with Gasteiger partial charge in [-0.15, -0.1) is 0 Å². The quantitative estimate of drug-likeness (QED) is 0.460. The van der Waals surface area contributed by atoms with E-state index in [1.54, 1.807) is 18.6 Å². The number of hydrogen-bond acceptors (Lipinski definition) is 5. The van der Waals surface area contributed by atoms with Crippen LogP contribution >= 0.6 is 0 Å². The molecule has 0 radical (unpaired) electrons. The van der Waals surface area contributed by atoms with Crippen molar-refractivity contribution in [1.29, 1.82) is 0 Å². The maximum atomic E-state index is 13.1. The van der Waals surface area contributed by atoms with E-state index in [4.69, 9.17) is 4.42 Å². The van der Waals surface area contributed by atoms with E-state index in [0.29, 0.717) is 23.3 Å². The highest BCUT2D eigenvalue weighted by Crippen LogP contribution is 2.17. The molecule has 0 fully saturated rings. The number of hydrogen-bond donors (Lipinski definition) is 0. The van der Waals surface area contributed by atoms with Gasteiger partial charge in [0.15, 0.2) is 5.43 Å². The molecule has 0 saturated carbocycles.